The third kappa shape index (κ3) is 3.73. The van der Waals surface area contributed by atoms with Crippen molar-refractivity contribution in [3.8, 4) is 6.07 Å². The second kappa shape index (κ2) is 6.44. The number of nitrogens with zero attached hydrogens (tertiary/aromatic N) is 3. The molecule has 5 heteroatoms. The Morgan fingerprint density at radius 2 is 1.95 bits per heavy atom. The fourth-order valence-corrected chi connectivity index (χ4v) is 3.16. The van der Waals surface area contributed by atoms with E-state index in [0.29, 0.717) is 0 Å². The van der Waals surface area contributed by atoms with Gasteiger partial charge in [-0.3, -0.25) is 9.80 Å². The van der Waals surface area contributed by atoms with Crippen molar-refractivity contribution in [2.24, 2.45) is 0 Å². The van der Waals surface area contributed by atoms with Crippen LogP contribution >= 0.6 is 27.5 Å². The molecule has 1 aromatic carbocycles. The van der Waals surface area contributed by atoms with Gasteiger partial charge in [-0.2, -0.15) is 5.26 Å². The van der Waals surface area contributed by atoms with Crippen molar-refractivity contribution in [1.29, 1.82) is 5.26 Å². The molecule has 1 aliphatic heterocycles. The Kier molecular flexibility index (Phi) is 5.09. The van der Waals surface area contributed by atoms with E-state index < -0.39 is 0 Å². The van der Waals surface area contributed by atoms with Crippen molar-refractivity contribution < 1.29 is 0 Å². The summed E-state index contributed by atoms with van der Waals surface area (Å²) in [6.07, 6.45) is 0. The highest BCUT2D eigenvalue weighted by molar-refractivity contribution is 9.10. The maximum Gasteiger partial charge on any atom is 0.103 e. The van der Waals surface area contributed by atoms with E-state index >= 15 is 0 Å². The Labute approximate surface area is 134 Å². The number of benzene rings is 1. The van der Waals surface area contributed by atoms with Gasteiger partial charge in [-0.25, -0.2) is 0 Å². The van der Waals surface area contributed by atoms with Crippen LogP contribution in [0.15, 0.2) is 22.7 Å². The summed E-state index contributed by atoms with van der Waals surface area (Å²) in [5.41, 5.74) is 0.782. The number of nitriles is 1. The van der Waals surface area contributed by atoms with E-state index in [4.69, 9.17) is 11.6 Å². The van der Waals surface area contributed by atoms with Crippen molar-refractivity contribution in [2.45, 2.75) is 25.9 Å². The van der Waals surface area contributed by atoms with Crippen LogP contribution in [0.3, 0.4) is 0 Å². The van der Waals surface area contributed by atoms with Gasteiger partial charge < -0.3 is 0 Å². The lowest BCUT2D eigenvalue weighted by Crippen LogP contribution is -2.53. The van der Waals surface area contributed by atoms with E-state index in [2.05, 4.69) is 37.9 Å². The summed E-state index contributed by atoms with van der Waals surface area (Å²) < 4.78 is 1.01. The maximum absolute atomic E-state index is 9.18. The second-order valence-electron chi connectivity index (χ2n) is 5.67. The molecule has 1 heterocycles. The molecule has 20 heavy (non-hydrogen) atoms. The van der Waals surface area contributed by atoms with Crippen molar-refractivity contribution in [1.82, 2.24) is 9.80 Å². The molecule has 0 atom stereocenters. The van der Waals surface area contributed by atoms with Crippen LogP contribution in [0.4, 0.5) is 0 Å². The van der Waals surface area contributed by atoms with Crippen LogP contribution in [0.1, 0.15) is 19.4 Å². The SMILES string of the molecule is CC(C)(C#N)N1CCN(Cc2ccc(Br)cc2Cl)CC1. The van der Waals surface area contributed by atoms with Gasteiger partial charge in [0, 0.05) is 42.2 Å². The van der Waals surface area contributed by atoms with Gasteiger partial charge >= 0.3 is 0 Å². The van der Waals surface area contributed by atoms with Crippen LogP contribution in [0.25, 0.3) is 0 Å². The Morgan fingerprint density at radius 1 is 1.30 bits per heavy atom. The average molecular weight is 357 g/mol. The smallest absolute Gasteiger partial charge is 0.103 e. The van der Waals surface area contributed by atoms with E-state index in [1.54, 1.807) is 0 Å². The van der Waals surface area contributed by atoms with Gasteiger partial charge in [0.2, 0.25) is 0 Å². The zero-order valence-corrected chi connectivity index (χ0v) is 14.2. The normalized spacial score (nSPS) is 17.9. The molecule has 3 nitrogen and oxygen atoms in total. The van der Waals surface area contributed by atoms with Crippen LogP contribution < -0.4 is 0 Å². The molecule has 1 aromatic rings. The lowest BCUT2D eigenvalue weighted by Gasteiger charge is -2.40. The maximum atomic E-state index is 9.18. The molecule has 2 rings (SSSR count). The zero-order valence-electron chi connectivity index (χ0n) is 11.9. The molecule has 0 N–H and O–H groups in total. The first-order valence-electron chi connectivity index (χ1n) is 6.75. The predicted octanol–water partition coefficient (Wildman–Crippen LogP) is 3.52. The van der Waals surface area contributed by atoms with Crippen molar-refractivity contribution in [2.75, 3.05) is 26.2 Å². The second-order valence-corrected chi connectivity index (χ2v) is 6.99. The molecule has 0 unspecified atom stereocenters. The minimum absolute atomic E-state index is 0.374. The first kappa shape index (κ1) is 15.8. The molecule has 0 aromatic heterocycles. The summed E-state index contributed by atoms with van der Waals surface area (Å²) in [4.78, 5) is 4.63. The van der Waals surface area contributed by atoms with Gasteiger partial charge in [-0.05, 0) is 31.5 Å². The van der Waals surface area contributed by atoms with Crippen LogP contribution in [0.2, 0.25) is 5.02 Å². The number of halogens is 2. The quantitative estimate of drug-likeness (QED) is 0.830. The molecule has 0 bridgehead atoms. The number of piperazine rings is 1. The Morgan fingerprint density at radius 3 is 2.50 bits per heavy atom. The standard InChI is InChI=1S/C15H19BrClN3/c1-15(2,11-18)20-7-5-19(6-8-20)10-12-3-4-13(16)9-14(12)17/h3-4,9H,5-8,10H2,1-2H3. The number of rotatable bonds is 3. The average Bonchev–Trinajstić information content (AvgIpc) is 2.42. The summed E-state index contributed by atoms with van der Waals surface area (Å²) in [5.74, 6) is 0. The molecule has 1 saturated heterocycles. The minimum atomic E-state index is -0.374. The highest BCUT2D eigenvalue weighted by Gasteiger charge is 2.29. The van der Waals surface area contributed by atoms with Gasteiger partial charge in [0.25, 0.3) is 0 Å². The Balaban J connectivity index is 1.93. The predicted molar refractivity (Wildman–Crippen MR) is 85.7 cm³/mol. The fraction of sp³-hybridized carbons (Fsp3) is 0.533. The molecule has 1 fully saturated rings. The van der Waals surface area contributed by atoms with Crippen molar-refractivity contribution >= 4 is 27.5 Å². The number of hydrogen-bond acceptors (Lipinski definition) is 3. The third-order valence-electron chi connectivity index (χ3n) is 3.85. The zero-order chi connectivity index (χ0) is 14.8. The van der Waals surface area contributed by atoms with E-state index in [0.717, 1.165) is 47.8 Å². The molecule has 0 aliphatic carbocycles. The fourth-order valence-electron chi connectivity index (χ4n) is 2.43. The lowest BCUT2D eigenvalue weighted by molar-refractivity contribution is 0.0764. The van der Waals surface area contributed by atoms with Gasteiger partial charge in [0.1, 0.15) is 5.54 Å². The first-order valence-corrected chi connectivity index (χ1v) is 7.92. The monoisotopic (exact) mass is 355 g/mol. The topological polar surface area (TPSA) is 30.3 Å². The summed E-state index contributed by atoms with van der Waals surface area (Å²) in [6, 6.07) is 8.40. The van der Waals surface area contributed by atoms with Crippen LogP contribution in [-0.4, -0.2) is 41.5 Å². The highest BCUT2D eigenvalue weighted by atomic mass is 79.9. The lowest BCUT2D eigenvalue weighted by atomic mass is 10.0. The van der Waals surface area contributed by atoms with Gasteiger partial charge in [-0.1, -0.05) is 33.6 Å². The minimum Gasteiger partial charge on any atom is -0.296 e. The van der Waals surface area contributed by atoms with Crippen LogP contribution in [-0.2, 0) is 6.54 Å². The molecule has 0 spiro atoms. The molecule has 0 amide bonds. The molecular formula is C15H19BrClN3. The molecule has 108 valence electrons. The molecule has 0 saturated carbocycles. The highest BCUT2D eigenvalue weighted by Crippen LogP contribution is 2.23. The van der Waals surface area contributed by atoms with Crippen LogP contribution in [0, 0.1) is 11.3 Å². The summed E-state index contributed by atoms with van der Waals surface area (Å²) in [6.45, 7) is 8.62. The molecule has 1 aliphatic rings. The van der Waals surface area contributed by atoms with Crippen molar-refractivity contribution in [3.05, 3.63) is 33.3 Å². The largest absolute Gasteiger partial charge is 0.296 e. The molecular weight excluding hydrogens is 338 g/mol. The van der Waals surface area contributed by atoms with E-state index in [9.17, 15) is 5.26 Å². The van der Waals surface area contributed by atoms with E-state index in [1.165, 1.54) is 0 Å². The van der Waals surface area contributed by atoms with Gasteiger partial charge in [-0.15, -0.1) is 0 Å². The van der Waals surface area contributed by atoms with E-state index in [1.807, 2.05) is 26.0 Å². The summed E-state index contributed by atoms with van der Waals surface area (Å²) in [7, 11) is 0. The van der Waals surface area contributed by atoms with Crippen LogP contribution in [0.5, 0.6) is 0 Å². The Bertz CT molecular complexity index is 516. The molecule has 0 radical (unpaired) electrons. The first-order chi connectivity index (χ1) is 9.42. The third-order valence-corrected chi connectivity index (χ3v) is 4.69. The summed E-state index contributed by atoms with van der Waals surface area (Å²) >= 11 is 9.69. The summed E-state index contributed by atoms with van der Waals surface area (Å²) in [5, 5.41) is 9.99. The van der Waals surface area contributed by atoms with Gasteiger partial charge in [0.05, 0.1) is 6.07 Å². The van der Waals surface area contributed by atoms with Crippen molar-refractivity contribution in [3.63, 3.8) is 0 Å². The van der Waals surface area contributed by atoms with Gasteiger partial charge in [0.15, 0.2) is 0 Å². The Hall–Kier alpha value is -0.600. The van der Waals surface area contributed by atoms with E-state index in [-0.39, 0.29) is 5.54 Å². The number of hydrogen-bond donors (Lipinski definition) is 0.